The first-order valence-electron chi connectivity index (χ1n) is 6.91. The van der Waals surface area contributed by atoms with Crippen LogP contribution in [0.25, 0.3) is 11.4 Å². The van der Waals surface area contributed by atoms with Gasteiger partial charge < -0.3 is 25.8 Å². The van der Waals surface area contributed by atoms with Crippen molar-refractivity contribution in [2.45, 2.75) is 19.4 Å². The highest BCUT2D eigenvalue weighted by Gasteiger charge is 2.31. The number of aliphatic hydroxyl groups excluding tert-OH is 1. The molecular weight excluding hydrogens is 286 g/mol. The van der Waals surface area contributed by atoms with E-state index in [1.807, 2.05) is 12.1 Å². The number of anilines is 2. The number of rotatable bonds is 3. The van der Waals surface area contributed by atoms with E-state index in [0.29, 0.717) is 24.5 Å². The number of nitrogens with two attached hydrogens (primary N) is 1. The summed E-state index contributed by atoms with van der Waals surface area (Å²) < 4.78 is 5.42. The summed E-state index contributed by atoms with van der Waals surface area (Å²) in [5.41, 5.74) is 7.71. The van der Waals surface area contributed by atoms with Crippen LogP contribution >= 0.6 is 0 Å². The van der Waals surface area contributed by atoms with Crippen LogP contribution in [-0.4, -0.2) is 46.6 Å². The predicted molar refractivity (Wildman–Crippen MR) is 80.0 cm³/mol. The molecule has 0 aromatic heterocycles. The summed E-state index contributed by atoms with van der Waals surface area (Å²) in [5, 5.41) is 12.7. The van der Waals surface area contributed by atoms with Gasteiger partial charge in [-0.15, -0.1) is 0 Å². The maximum absolute atomic E-state index is 10.9. The van der Waals surface area contributed by atoms with Crippen LogP contribution in [0.5, 0.6) is 0 Å². The van der Waals surface area contributed by atoms with Crippen LogP contribution in [0.2, 0.25) is 0 Å². The molecule has 0 bridgehead atoms. The van der Waals surface area contributed by atoms with Gasteiger partial charge in [-0.1, -0.05) is 0 Å². The number of nitrogen functional groups attached to an aromatic ring is 1. The summed E-state index contributed by atoms with van der Waals surface area (Å²) in [6, 6.07) is 7.23. The molecule has 0 aromatic carbocycles. The monoisotopic (exact) mass is 303 g/mol. The topological polar surface area (TPSA) is 114 Å². The SMILES string of the molecule is CC(=O)NC[C@H]1CN(c2ccc3nc(N)nc-3cc2)C(O)O1. The van der Waals surface area contributed by atoms with Crippen LogP contribution in [0.1, 0.15) is 6.92 Å². The third kappa shape index (κ3) is 2.92. The lowest BCUT2D eigenvalue weighted by Gasteiger charge is -2.19. The molecule has 3 rings (SSSR count). The molecule has 0 aromatic rings. The maximum Gasteiger partial charge on any atom is 0.238 e. The van der Waals surface area contributed by atoms with Gasteiger partial charge in [0.05, 0.1) is 24.0 Å². The van der Waals surface area contributed by atoms with Crippen molar-refractivity contribution in [2.24, 2.45) is 0 Å². The lowest BCUT2D eigenvalue weighted by Crippen LogP contribution is -2.33. The Hall–Kier alpha value is -2.45. The van der Waals surface area contributed by atoms with Crippen LogP contribution in [0.4, 0.5) is 11.6 Å². The average Bonchev–Trinajstić information content (AvgIpc) is 2.94. The second-order valence-corrected chi connectivity index (χ2v) is 5.12. The van der Waals surface area contributed by atoms with E-state index in [4.69, 9.17) is 10.5 Å². The molecule has 8 heteroatoms. The Morgan fingerprint density at radius 1 is 1.41 bits per heavy atom. The summed E-state index contributed by atoms with van der Waals surface area (Å²) in [6.45, 7) is 2.27. The third-order valence-electron chi connectivity index (χ3n) is 3.45. The van der Waals surface area contributed by atoms with E-state index < -0.39 is 6.41 Å². The lowest BCUT2D eigenvalue weighted by molar-refractivity contribution is -0.121. The van der Waals surface area contributed by atoms with Crippen LogP contribution < -0.4 is 16.0 Å². The molecular formula is C14H17N5O3. The standard InChI is InChI=1S/C14H17N5O3/c1-8(20)16-6-10-7-19(14(21)22-10)9-2-4-11-12(5-3-9)18-13(15)17-11/h2-5,10,14,21H,6-7H2,1H3,(H,16,20)(H2,15,17,18)/t10-,14?/m0/s1. The number of ether oxygens (including phenoxy) is 1. The number of imidazole rings is 1. The fourth-order valence-electron chi connectivity index (χ4n) is 2.41. The van der Waals surface area contributed by atoms with Crippen molar-refractivity contribution >= 4 is 17.5 Å². The van der Waals surface area contributed by atoms with E-state index in [0.717, 1.165) is 5.69 Å². The summed E-state index contributed by atoms with van der Waals surface area (Å²) in [7, 11) is 0. The first-order valence-corrected chi connectivity index (χ1v) is 6.91. The second kappa shape index (κ2) is 5.74. The molecule has 1 fully saturated rings. The fraction of sp³-hybridized carbons (Fsp3) is 0.357. The minimum Gasteiger partial charge on any atom is -0.368 e. The Kier molecular flexibility index (Phi) is 3.78. The molecule has 2 aliphatic heterocycles. The van der Waals surface area contributed by atoms with Gasteiger partial charge in [0.1, 0.15) is 0 Å². The molecule has 1 saturated heterocycles. The van der Waals surface area contributed by atoms with Crippen molar-refractivity contribution in [2.75, 3.05) is 23.7 Å². The van der Waals surface area contributed by atoms with E-state index in [9.17, 15) is 9.90 Å². The zero-order valence-corrected chi connectivity index (χ0v) is 12.1. The van der Waals surface area contributed by atoms with Crippen LogP contribution in [0.3, 0.4) is 0 Å². The molecule has 116 valence electrons. The van der Waals surface area contributed by atoms with Crippen molar-refractivity contribution in [1.29, 1.82) is 0 Å². The first kappa shape index (κ1) is 14.5. The molecule has 0 radical (unpaired) electrons. The number of nitrogens with one attached hydrogen (secondary N) is 1. The number of hydrogen-bond acceptors (Lipinski definition) is 7. The Morgan fingerprint density at radius 3 is 2.64 bits per heavy atom. The van der Waals surface area contributed by atoms with Gasteiger partial charge in [0.2, 0.25) is 18.3 Å². The van der Waals surface area contributed by atoms with Gasteiger partial charge in [-0.2, -0.15) is 0 Å². The quantitative estimate of drug-likeness (QED) is 0.718. The normalized spacial score (nSPS) is 21.3. The van der Waals surface area contributed by atoms with E-state index in [-0.39, 0.29) is 18.0 Å². The number of nitrogens with zero attached hydrogens (tertiary/aromatic N) is 3. The molecule has 2 atom stereocenters. The van der Waals surface area contributed by atoms with Crippen LogP contribution in [0, 0.1) is 0 Å². The van der Waals surface area contributed by atoms with Crippen molar-refractivity contribution < 1.29 is 14.6 Å². The highest BCUT2D eigenvalue weighted by Crippen LogP contribution is 2.26. The van der Waals surface area contributed by atoms with Gasteiger partial charge in [0.15, 0.2) is 0 Å². The number of carbonyl (C=O) groups excluding carboxylic acids is 1. The third-order valence-corrected chi connectivity index (χ3v) is 3.45. The van der Waals surface area contributed by atoms with Gasteiger partial charge in [-0.25, -0.2) is 9.97 Å². The van der Waals surface area contributed by atoms with Gasteiger partial charge in [-0.05, 0) is 24.3 Å². The molecule has 1 aliphatic carbocycles. The molecule has 22 heavy (non-hydrogen) atoms. The smallest absolute Gasteiger partial charge is 0.238 e. The van der Waals surface area contributed by atoms with Crippen molar-refractivity contribution in [1.82, 2.24) is 15.3 Å². The van der Waals surface area contributed by atoms with Crippen LogP contribution in [0.15, 0.2) is 24.3 Å². The highest BCUT2D eigenvalue weighted by molar-refractivity contribution is 5.72. The Bertz CT molecular complexity index is 631. The van der Waals surface area contributed by atoms with Crippen LogP contribution in [-0.2, 0) is 9.53 Å². The van der Waals surface area contributed by atoms with Gasteiger partial charge in [0, 0.05) is 19.2 Å². The number of aliphatic hydroxyl groups is 1. The number of carbonyl (C=O) groups is 1. The lowest BCUT2D eigenvalue weighted by atomic mass is 10.3. The van der Waals surface area contributed by atoms with Crippen molar-refractivity contribution in [3.05, 3.63) is 24.3 Å². The summed E-state index contributed by atoms with van der Waals surface area (Å²) >= 11 is 0. The summed E-state index contributed by atoms with van der Waals surface area (Å²) in [6.07, 6.45) is -1.32. The molecule has 4 N–H and O–H groups in total. The largest absolute Gasteiger partial charge is 0.368 e. The zero-order chi connectivity index (χ0) is 15.7. The summed E-state index contributed by atoms with van der Waals surface area (Å²) in [4.78, 5) is 20.9. The maximum atomic E-state index is 10.9. The second-order valence-electron chi connectivity index (χ2n) is 5.12. The van der Waals surface area contributed by atoms with Gasteiger partial charge in [-0.3, -0.25) is 4.79 Å². The van der Waals surface area contributed by atoms with Gasteiger partial charge >= 0.3 is 0 Å². The minimum atomic E-state index is -1.05. The average molecular weight is 303 g/mol. The predicted octanol–water partition coefficient (Wildman–Crippen LogP) is -0.219. The molecule has 8 nitrogen and oxygen atoms in total. The summed E-state index contributed by atoms with van der Waals surface area (Å²) in [5.74, 6) is 0.110. The van der Waals surface area contributed by atoms with Crippen molar-refractivity contribution in [3.8, 4) is 11.4 Å². The highest BCUT2D eigenvalue weighted by atomic mass is 16.6. The Labute approximate surface area is 127 Å². The molecule has 0 spiro atoms. The number of aromatic nitrogens is 2. The molecule has 1 amide bonds. The molecule has 0 saturated carbocycles. The van der Waals surface area contributed by atoms with Gasteiger partial charge in [0.25, 0.3) is 0 Å². The zero-order valence-electron chi connectivity index (χ0n) is 12.1. The Balaban J connectivity index is 1.77. The number of hydrogen-bond donors (Lipinski definition) is 3. The van der Waals surface area contributed by atoms with E-state index in [1.54, 1.807) is 17.0 Å². The molecule has 1 unspecified atom stereocenters. The molecule has 2 heterocycles. The minimum absolute atomic E-state index is 0.129. The van der Waals surface area contributed by atoms with Crippen molar-refractivity contribution in [3.63, 3.8) is 0 Å². The number of fused-ring (bicyclic) bond motifs is 1. The fourth-order valence-corrected chi connectivity index (χ4v) is 2.41. The van der Waals surface area contributed by atoms with E-state index >= 15 is 0 Å². The molecule has 3 aliphatic rings. The first-order chi connectivity index (χ1) is 10.5. The Morgan fingerprint density at radius 2 is 2.05 bits per heavy atom. The van der Waals surface area contributed by atoms with E-state index in [1.165, 1.54) is 6.92 Å². The number of amides is 1. The van der Waals surface area contributed by atoms with E-state index in [2.05, 4.69) is 15.3 Å².